The maximum absolute atomic E-state index is 11.0. The predicted molar refractivity (Wildman–Crippen MR) is 109 cm³/mol. The highest BCUT2D eigenvalue weighted by atomic mass is 16.5. The van der Waals surface area contributed by atoms with Crippen LogP contribution in [-0.4, -0.2) is 50.1 Å². The van der Waals surface area contributed by atoms with E-state index in [4.69, 9.17) is 9.47 Å². The highest BCUT2D eigenvalue weighted by Crippen LogP contribution is 2.15. The van der Waals surface area contributed by atoms with Crippen molar-refractivity contribution in [3.63, 3.8) is 0 Å². The molecule has 7 nitrogen and oxygen atoms in total. The molecule has 0 saturated heterocycles. The number of nitrogens with one attached hydrogen (secondary N) is 1. The Labute approximate surface area is 172 Å². The zero-order valence-electron chi connectivity index (χ0n) is 17.0. The number of aryl methyl sites for hydroxylation is 1. The molecule has 29 heavy (non-hydrogen) atoms. The first-order valence-corrected chi connectivity index (χ1v) is 9.84. The molecule has 0 radical (unpaired) electrons. The standard InChI is InChI=1S/C22H30N3O4/c1-3-22(27)23-9-15-28-17-21(26)18-29-16-14-25-12-7-20(8-13-25)19-5-10-24(4-2)11-6-19/h3,5-8,10-13,21,26H,1,4,9,14-18H2,2H3/q+1/p+1. The fourth-order valence-corrected chi connectivity index (χ4v) is 2.63. The summed E-state index contributed by atoms with van der Waals surface area (Å²) in [6, 6.07) is 8.39. The topological polar surface area (TPSA) is 75.5 Å². The number of aliphatic hydroxyl groups excluding tert-OH is 1. The second-order valence-electron chi connectivity index (χ2n) is 6.54. The van der Waals surface area contributed by atoms with E-state index < -0.39 is 6.10 Å². The fourth-order valence-electron chi connectivity index (χ4n) is 2.63. The number of hydrogen-bond donors (Lipinski definition) is 2. The van der Waals surface area contributed by atoms with Crippen molar-refractivity contribution >= 4 is 5.91 Å². The van der Waals surface area contributed by atoms with Crippen LogP contribution in [-0.2, 0) is 27.4 Å². The van der Waals surface area contributed by atoms with Gasteiger partial charge in [0.2, 0.25) is 5.91 Å². The third kappa shape index (κ3) is 8.51. The van der Waals surface area contributed by atoms with Crippen LogP contribution in [0, 0.1) is 0 Å². The van der Waals surface area contributed by atoms with Gasteiger partial charge in [-0.25, -0.2) is 9.13 Å². The van der Waals surface area contributed by atoms with Crippen molar-refractivity contribution in [1.29, 1.82) is 0 Å². The lowest BCUT2D eigenvalue weighted by molar-refractivity contribution is -0.698. The van der Waals surface area contributed by atoms with Gasteiger partial charge in [0, 0.05) is 30.8 Å². The Bertz CT molecular complexity index is 748. The molecule has 0 aliphatic carbocycles. The van der Waals surface area contributed by atoms with Gasteiger partial charge < -0.3 is 19.9 Å². The third-order valence-electron chi connectivity index (χ3n) is 4.33. The molecule has 2 aromatic heterocycles. The van der Waals surface area contributed by atoms with Gasteiger partial charge in [0.25, 0.3) is 0 Å². The van der Waals surface area contributed by atoms with Crippen LogP contribution < -0.4 is 14.5 Å². The summed E-state index contributed by atoms with van der Waals surface area (Å²) in [5, 5.41) is 12.4. The largest absolute Gasteiger partial charge is 0.388 e. The quantitative estimate of drug-likeness (QED) is 0.294. The first kappa shape index (κ1) is 22.7. The van der Waals surface area contributed by atoms with E-state index in [1.165, 1.54) is 17.2 Å². The lowest BCUT2D eigenvalue weighted by atomic mass is 10.1. The number of aromatic nitrogens is 2. The van der Waals surface area contributed by atoms with E-state index in [2.05, 4.69) is 60.0 Å². The number of rotatable bonds is 13. The summed E-state index contributed by atoms with van der Waals surface area (Å²) in [5.74, 6) is -0.239. The van der Waals surface area contributed by atoms with Crippen molar-refractivity contribution < 1.29 is 28.5 Å². The van der Waals surface area contributed by atoms with Gasteiger partial charge in [0.1, 0.15) is 19.3 Å². The van der Waals surface area contributed by atoms with E-state index in [9.17, 15) is 9.90 Å². The summed E-state index contributed by atoms with van der Waals surface area (Å²) in [6.45, 7) is 8.73. The lowest BCUT2D eigenvalue weighted by Gasteiger charge is -2.11. The van der Waals surface area contributed by atoms with Crippen LogP contribution >= 0.6 is 0 Å². The second kappa shape index (κ2) is 12.8. The minimum Gasteiger partial charge on any atom is -0.388 e. The van der Waals surface area contributed by atoms with Gasteiger partial charge in [0.05, 0.1) is 19.8 Å². The average molecular weight is 402 g/mol. The van der Waals surface area contributed by atoms with Crippen LogP contribution in [0.1, 0.15) is 6.92 Å². The highest BCUT2D eigenvalue weighted by Gasteiger charge is 2.07. The molecular weight excluding hydrogens is 370 g/mol. The first-order valence-electron chi connectivity index (χ1n) is 9.84. The van der Waals surface area contributed by atoms with Gasteiger partial charge in [-0.3, -0.25) is 4.79 Å². The Morgan fingerprint density at radius 2 is 1.62 bits per heavy atom. The molecule has 1 atom stereocenters. The Balaban J connectivity index is 1.61. The van der Waals surface area contributed by atoms with Gasteiger partial charge in [-0.15, -0.1) is 0 Å². The fraction of sp³-hybridized carbons (Fsp3) is 0.409. The van der Waals surface area contributed by atoms with E-state index in [0.717, 1.165) is 6.54 Å². The van der Waals surface area contributed by atoms with E-state index in [-0.39, 0.29) is 19.1 Å². The number of aliphatic hydroxyl groups is 1. The molecular formula is C22H31N3O4+2. The molecule has 1 unspecified atom stereocenters. The van der Waals surface area contributed by atoms with Gasteiger partial charge >= 0.3 is 0 Å². The smallest absolute Gasteiger partial charge is 0.243 e. The van der Waals surface area contributed by atoms with E-state index in [0.29, 0.717) is 26.3 Å². The zero-order valence-corrected chi connectivity index (χ0v) is 17.0. The molecule has 0 saturated carbocycles. The van der Waals surface area contributed by atoms with Crippen LogP contribution in [0.25, 0.3) is 11.1 Å². The molecule has 2 aromatic rings. The Morgan fingerprint density at radius 1 is 1.07 bits per heavy atom. The normalized spacial score (nSPS) is 11.8. The molecule has 2 heterocycles. The van der Waals surface area contributed by atoms with Gasteiger partial charge in [-0.05, 0) is 24.1 Å². The minimum absolute atomic E-state index is 0.168. The molecule has 2 N–H and O–H groups in total. The summed E-state index contributed by atoms with van der Waals surface area (Å²) in [6.07, 6.45) is 8.72. The number of amides is 1. The van der Waals surface area contributed by atoms with E-state index in [1.54, 1.807) is 0 Å². The van der Waals surface area contributed by atoms with Crippen LogP contribution in [0.15, 0.2) is 61.7 Å². The van der Waals surface area contributed by atoms with Crippen LogP contribution in [0.4, 0.5) is 0 Å². The summed E-state index contributed by atoms with van der Waals surface area (Å²) in [5.41, 5.74) is 2.35. The lowest BCUT2D eigenvalue weighted by Crippen LogP contribution is -2.36. The average Bonchev–Trinajstić information content (AvgIpc) is 2.76. The monoisotopic (exact) mass is 401 g/mol. The zero-order chi connectivity index (χ0) is 20.9. The van der Waals surface area contributed by atoms with Gasteiger partial charge in [-0.2, -0.15) is 0 Å². The molecule has 0 bridgehead atoms. The minimum atomic E-state index is -0.693. The highest BCUT2D eigenvalue weighted by molar-refractivity contribution is 5.86. The van der Waals surface area contributed by atoms with Crippen LogP contribution in [0.2, 0.25) is 0 Å². The Kier molecular flexibility index (Phi) is 9.99. The van der Waals surface area contributed by atoms with Crippen LogP contribution in [0.5, 0.6) is 0 Å². The maximum atomic E-state index is 11.0. The molecule has 1 amide bonds. The van der Waals surface area contributed by atoms with E-state index in [1.807, 2.05) is 17.0 Å². The molecule has 0 aromatic carbocycles. The Hall–Kier alpha value is -2.61. The predicted octanol–water partition coefficient (Wildman–Crippen LogP) is 0.645. The SMILES string of the molecule is C=CC(=O)NCCOCC(O)COCC[n+]1ccc(-c2cc[n+](CC)cc2)cc1. The molecule has 0 aliphatic rings. The van der Waals surface area contributed by atoms with Crippen molar-refractivity contribution in [2.24, 2.45) is 0 Å². The summed E-state index contributed by atoms with van der Waals surface area (Å²) in [4.78, 5) is 11.0. The van der Waals surface area contributed by atoms with Gasteiger partial charge in [0.15, 0.2) is 31.3 Å². The molecule has 156 valence electrons. The molecule has 0 spiro atoms. The maximum Gasteiger partial charge on any atom is 0.243 e. The van der Waals surface area contributed by atoms with Crippen molar-refractivity contribution in [2.75, 3.05) is 33.0 Å². The van der Waals surface area contributed by atoms with Crippen LogP contribution in [0.3, 0.4) is 0 Å². The summed E-state index contributed by atoms with van der Waals surface area (Å²) < 4.78 is 15.0. The Morgan fingerprint density at radius 3 is 2.17 bits per heavy atom. The second-order valence-corrected chi connectivity index (χ2v) is 6.54. The first-order chi connectivity index (χ1) is 14.1. The number of pyridine rings is 2. The third-order valence-corrected chi connectivity index (χ3v) is 4.33. The van der Waals surface area contributed by atoms with Crippen molar-refractivity contribution in [3.8, 4) is 11.1 Å². The molecule has 0 fully saturated rings. The molecule has 7 heteroatoms. The van der Waals surface area contributed by atoms with Crippen molar-refractivity contribution in [2.45, 2.75) is 26.1 Å². The summed E-state index contributed by atoms with van der Waals surface area (Å²) >= 11 is 0. The summed E-state index contributed by atoms with van der Waals surface area (Å²) in [7, 11) is 0. The number of carbonyl (C=O) groups is 1. The molecule has 2 rings (SSSR count). The number of hydrogen-bond acceptors (Lipinski definition) is 4. The number of nitrogens with zero attached hydrogens (tertiary/aromatic N) is 2. The van der Waals surface area contributed by atoms with E-state index >= 15 is 0 Å². The number of carbonyl (C=O) groups excluding carboxylic acids is 1. The van der Waals surface area contributed by atoms with Crippen molar-refractivity contribution in [1.82, 2.24) is 5.32 Å². The molecule has 0 aliphatic heterocycles. The van der Waals surface area contributed by atoms with Gasteiger partial charge in [-0.1, -0.05) is 6.58 Å². The van der Waals surface area contributed by atoms with Crippen molar-refractivity contribution in [3.05, 3.63) is 61.7 Å². The number of ether oxygens (including phenoxy) is 2.